The van der Waals surface area contributed by atoms with Gasteiger partial charge in [0, 0.05) is 23.1 Å². The molecule has 2 amide bonds. The number of rotatable bonds is 11. The highest BCUT2D eigenvalue weighted by Gasteiger charge is 2.34. The van der Waals surface area contributed by atoms with Gasteiger partial charge in [-0.05, 0) is 61.7 Å². The predicted octanol–water partition coefficient (Wildman–Crippen LogP) is 6.99. The molecule has 7 nitrogen and oxygen atoms in total. The number of benzene rings is 3. The van der Waals surface area contributed by atoms with Crippen molar-refractivity contribution in [3.05, 3.63) is 91.9 Å². The van der Waals surface area contributed by atoms with Crippen LogP contribution in [-0.4, -0.2) is 44.3 Å². The Morgan fingerprint density at radius 1 is 0.902 bits per heavy atom. The lowest BCUT2D eigenvalue weighted by Gasteiger charge is -2.32. The third kappa shape index (κ3) is 8.30. The van der Waals surface area contributed by atoms with Gasteiger partial charge in [-0.2, -0.15) is 0 Å². The molecule has 1 N–H and O–H groups in total. The van der Waals surface area contributed by atoms with Gasteiger partial charge in [-0.15, -0.1) is 0 Å². The van der Waals surface area contributed by atoms with Crippen LogP contribution in [0.1, 0.15) is 31.9 Å². The van der Waals surface area contributed by atoms with Crippen molar-refractivity contribution in [1.29, 1.82) is 0 Å². The number of anilines is 1. The van der Waals surface area contributed by atoms with E-state index in [-0.39, 0.29) is 33.1 Å². The van der Waals surface area contributed by atoms with Gasteiger partial charge in [-0.3, -0.25) is 13.9 Å². The van der Waals surface area contributed by atoms with Crippen LogP contribution in [0, 0.1) is 12.8 Å². The molecule has 0 unspecified atom stereocenters. The van der Waals surface area contributed by atoms with Crippen molar-refractivity contribution in [3.63, 3.8) is 0 Å². The van der Waals surface area contributed by atoms with Crippen LogP contribution in [0.2, 0.25) is 20.1 Å². The molecule has 0 saturated heterocycles. The number of amides is 2. The third-order valence-electron chi connectivity index (χ3n) is 6.30. The number of sulfonamides is 1. The molecule has 0 heterocycles. The maximum absolute atomic E-state index is 14.0. The van der Waals surface area contributed by atoms with Crippen molar-refractivity contribution < 1.29 is 18.0 Å². The third-order valence-corrected chi connectivity index (χ3v) is 9.47. The monoisotopic (exact) mass is 657 g/mol. The van der Waals surface area contributed by atoms with E-state index in [1.54, 1.807) is 37.3 Å². The molecule has 0 spiro atoms. The first kappa shape index (κ1) is 33.0. The standard InChI is InChI=1S/C29H31Cl4N3O4S/c1-18(2)15-34-29(38)20(4)35(16-21-10-11-22(30)14-25(21)32)27(37)17-36(26-7-5-6-24(31)28(26)33)41(39,40)23-12-8-19(3)9-13-23/h5-14,18,20H,15-17H2,1-4H3,(H,34,38)/t20-/m1/s1. The summed E-state index contributed by atoms with van der Waals surface area (Å²) in [5.74, 6) is -0.873. The van der Waals surface area contributed by atoms with Crippen LogP contribution in [0.15, 0.2) is 65.6 Å². The van der Waals surface area contributed by atoms with E-state index >= 15 is 0 Å². The summed E-state index contributed by atoms with van der Waals surface area (Å²) in [6, 6.07) is 14.6. The fourth-order valence-corrected chi connectivity index (χ4v) is 6.25. The number of hydrogen-bond donors (Lipinski definition) is 1. The Balaban J connectivity index is 2.08. The topological polar surface area (TPSA) is 86.8 Å². The molecule has 220 valence electrons. The normalized spacial score (nSPS) is 12.2. The Morgan fingerprint density at radius 2 is 1.56 bits per heavy atom. The smallest absolute Gasteiger partial charge is 0.264 e. The number of nitrogens with one attached hydrogen (secondary N) is 1. The second kappa shape index (κ2) is 14.1. The van der Waals surface area contributed by atoms with E-state index in [2.05, 4.69) is 5.32 Å². The minimum Gasteiger partial charge on any atom is -0.354 e. The average Bonchev–Trinajstić information content (AvgIpc) is 2.91. The number of hydrogen-bond acceptors (Lipinski definition) is 4. The fourth-order valence-electron chi connectivity index (χ4n) is 3.90. The van der Waals surface area contributed by atoms with Gasteiger partial charge in [0.1, 0.15) is 12.6 Å². The summed E-state index contributed by atoms with van der Waals surface area (Å²) in [4.78, 5) is 28.4. The van der Waals surface area contributed by atoms with Crippen molar-refractivity contribution in [3.8, 4) is 0 Å². The van der Waals surface area contributed by atoms with Gasteiger partial charge in [-0.1, -0.05) is 90.1 Å². The molecule has 0 bridgehead atoms. The molecule has 1 atom stereocenters. The second-order valence-corrected chi connectivity index (χ2v) is 13.5. The Bertz CT molecular complexity index is 1510. The Kier molecular flexibility index (Phi) is 11.4. The number of nitrogens with zero attached hydrogens (tertiary/aromatic N) is 2. The summed E-state index contributed by atoms with van der Waals surface area (Å²) in [5.41, 5.74) is 1.41. The fraction of sp³-hybridized carbons (Fsp3) is 0.310. The number of aryl methyl sites for hydroxylation is 1. The molecule has 3 rings (SSSR count). The lowest BCUT2D eigenvalue weighted by molar-refractivity contribution is -0.139. The van der Waals surface area contributed by atoms with Gasteiger partial charge in [0.15, 0.2) is 0 Å². The molecule has 3 aromatic carbocycles. The minimum absolute atomic E-state index is 0.0227. The highest BCUT2D eigenvalue weighted by molar-refractivity contribution is 7.92. The molecule has 3 aromatic rings. The van der Waals surface area contributed by atoms with Crippen molar-refractivity contribution in [1.82, 2.24) is 10.2 Å². The van der Waals surface area contributed by atoms with Crippen molar-refractivity contribution >= 4 is 73.9 Å². The molecule has 0 radical (unpaired) electrons. The average molecular weight is 659 g/mol. The Labute approximate surface area is 261 Å². The van der Waals surface area contributed by atoms with Crippen LogP contribution < -0.4 is 9.62 Å². The van der Waals surface area contributed by atoms with E-state index in [0.717, 1.165) is 9.87 Å². The van der Waals surface area contributed by atoms with Gasteiger partial charge in [-0.25, -0.2) is 8.42 Å². The second-order valence-electron chi connectivity index (χ2n) is 9.97. The first-order chi connectivity index (χ1) is 19.2. The molecule has 12 heteroatoms. The summed E-state index contributed by atoms with van der Waals surface area (Å²) in [5, 5.41) is 3.62. The largest absolute Gasteiger partial charge is 0.354 e. The number of halogens is 4. The van der Waals surface area contributed by atoms with Crippen molar-refractivity contribution in [2.45, 2.75) is 45.2 Å². The summed E-state index contributed by atoms with van der Waals surface area (Å²) in [6.07, 6.45) is 0. The van der Waals surface area contributed by atoms with Crippen LogP contribution in [0.3, 0.4) is 0 Å². The Hall–Kier alpha value is -2.49. The summed E-state index contributed by atoms with van der Waals surface area (Å²) < 4.78 is 28.8. The molecule has 0 aromatic heterocycles. The molecular weight excluding hydrogens is 628 g/mol. The molecule has 0 aliphatic carbocycles. The predicted molar refractivity (Wildman–Crippen MR) is 166 cm³/mol. The lowest BCUT2D eigenvalue weighted by Crippen LogP contribution is -2.51. The van der Waals surface area contributed by atoms with Crippen LogP contribution in [0.4, 0.5) is 5.69 Å². The van der Waals surface area contributed by atoms with Gasteiger partial charge < -0.3 is 10.2 Å². The summed E-state index contributed by atoms with van der Waals surface area (Å²) in [7, 11) is -4.29. The molecular formula is C29H31Cl4N3O4S. The zero-order valence-corrected chi connectivity index (χ0v) is 26.8. The summed E-state index contributed by atoms with van der Waals surface area (Å²) in [6.45, 7) is 6.96. The molecule has 41 heavy (non-hydrogen) atoms. The maximum atomic E-state index is 14.0. The quantitative estimate of drug-likeness (QED) is 0.241. The zero-order valence-electron chi connectivity index (χ0n) is 23.0. The van der Waals surface area contributed by atoms with Gasteiger partial charge in [0.25, 0.3) is 10.0 Å². The van der Waals surface area contributed by atoms with Crippen LogP contribution in [0.5, 0.6) is 0 Å². The molecule has 0 aliphatic rings. The number of carbonyl (C=O) groups excluding carboxylic acids is 2. The van der Waals surface area contributed by atoms with Gasteiger partial charge in [0.05, 0.1) is 20.6 Å². The van der Waals surface area contributed by atoms with Gasteiger partial charge >= 0.3 is 0 Å². The van der Waals surface area contributed by atoms with Crippen molar-refractivity contribution in [2.24, 2.45) is 5.92 Å². The van der Waals surface area contributed by atoms with Crippen LogP contribution >= 0.6 is 46.4 Å². The van der Waals surface area contributed by atoms with Gasteiger partial charge in [0.2, 0.25) is 11.8 Å². The van der Waals surface area contributed by atoms with E-state index in [0.29, 0.717) is 22.2 Å². The van der Waals surface area contributed by atoms with E-state index in [4.69, 9.17) is 46.4 Å². The van der Waals surface area contributed by atoms with Crippen LogP contribution in [-0.2, 0) is 26.2 Å². The molecule has 0 aliphatic heterocycles. The number of carbonyl (C=O) groups is 2. The SMILES string of the molecule is Cc1ccc(S(=O)(=O)N(CC(=O)N(Cc2ccc(Cl)cc2Cl)[C@H](C)C(=O)NCC(C)C)c2cccc(Cl)c2Cl)cc1. The van der Waals surface area contributed by atoms with E-state index in [1.165, 1.54) is 35.2 Å². The zero-order chi connectivity index (χ0) is 30.5. The highest BCUT2D eigenvalue weighted by Crippen LogP contribution is 2.35. The lowest BCUT2D eigenvalue weighted by atomic mass is 10.1. The first-order valence-electron chi connectivity index (χ1n) is 12.8. The van der Waals surface area contributed by atoms with Crippen molar-refractivity contribution in [2.75, 3.05) is 17.4 Å². The summed E-state index contributed by atoms with van der Waals surface area (Å²) >= 11 is 25.2. The van der Waals surface area contributed by atoms with Crippen LogP contribution in [0.25, 0.3) is 0 Å². The maximum Gasteiger partial charge on any atom is 0.264 e. The Morgan fingerprint density at radius 3 is 2.17 bits per heavy atom. The molecule has 0 saturated carbocycles. The molecule has 0 fully saturated rings. The van der Waals surface area contributed by atoms with E-state index < -0.39 is 34.4 Å². The van der Waals surface area contributed by atoms with E-state index in [9.17, 15) is 18.0 Å². The van der Waals surface area contributed by atoms with E-state index in [1.807, 2.05) is 20.8 Å². The first-order valence-corrected chi connectivity index (χ1v) is 15.7. The highest BCUT2D eigenvalue weighted by atomic mass is 35.5. The minimum atomic E-state index is -4.29.